The maximum atomic E-state index is 5.43. The van der Waals surface area contributed by atoms with Crippen molar-refractivity contribution in [3.8, 4) is 89.5 Å². The third-order valence-electron chi connectivity index (χ3n) is 22.7. The van der Waals surface area contributed by atoms with Crippen molar-refractivity contribution in [2.24, 2.45) is 0 Å². The molecule has 520 valence electrons. The predicted molar refractivity (Wildman–Crippen MR) is 471 cm³/mol. The van der Waals surface area contributed by atoms with Crippen molar-refractivity contribution in [1.29, 1.82) is 0 Å². The van der Waals surface area contributed by atoms with E-state index in [1.165, 1.54) is 110 Å². The fraction of sp³-hybridized carbons (Fsp3) is 0. The monoisotopic (exact) mass is 1420 g/mol. The molecule has 0 saturated carbocycles. The van der Waals surface area contributed by atoms with E-state index in [4.69, 9.17) is 19.9 Å². The van der Waals surface area contributed by atoms with Crippen molar-refractivity contribution in [3.05, 3.63) is 400 Å². The van der Waals surface area contributed by atoms with Crippen molar-refractivity contribution >= 4 is 131 Å². The van der Waals surface area contributed by atoms with Gasteiger partial charge in [-0.15, -0.1) is 0 Å². The second kappa shape index (κ2) is 26.5. The second-order valence-electron chi connectivity index (χ2n) is 29.2. The Morgan fingerprint density at radius 1 is 0.161 bits per heavy atom. The summed E-state index contributed by atoms with van der Waals surface area (Å²) in [6.07, 6.45) is 0. The molecule has 0 radical (unpaired) electrons. The quantitative estimate of drug-likeness (QED) is 0.107. The fourth-order valence-corrected chi connectivity index (χ4v) is 17.3. The summed E-state index contributed by atoms with van der Waals surface area (Å²) in [5.41, 5.74) is 28.3. The summed E-state index contributed by atoms with van der Waals surface area (Å²) in [6, 6.07) is 144. The average molecular weight is 1420 g/mol. The second-order valence-corrected chi connectivity index (χ2v) is 29.2. The van der Waals surface area contributed by atoms with Crippen molar-refractivity contribution in [1.82, 2.24) is 29.1 Å². The molecule has 17 aromatic carbocycles. The highest BCUT2D eigenvalue weighted by atomic mass is 15.0. The molecule has 0 aliphatic carbocycles. The van der Waals surface area contributed by atoms with Crippen LogP contribution in [0.4, 0.5) is 0 Å². The van der Waals surface area contributed by atoms with Gasteiger partial charge in [0.2, 0.25) is 0 Å². The Kier molecular flexibility index (Phi) is 15.2. The molecule has 23 aromatic rings. The van der Waals surface area contributed by atoms with Crippen LogP contribution in [0.1, 0.15) is 0 Å². The van der Waals surface area contributed by atoms with Crippen molar-refractivity contribution < 1.29 is 0 Å². The van der Waals surface area contributed by atoms with E-state index in [9.17, 15) is 0 Å². The van der Waals surface area contributed by atoms with Gasteiger partial charge in [-0.2, -0.15) is 0 Å². The van der Waals surface area contributed by atoms with Gasteiger partial charge in [0.1, 0.15) is 0 Å². The molecule has 0 unspecified atom stereocenters. The number of aromatic nitrogens is 6. The summed E-state index contributed by atoms with van der Waals surface area (Å²) in [5, 5.41) is 16.6. The molecule has 0 aliphatic rings. The van der Waals surface area contributed by atoms with Gasteiger partial charge >= 0.3 is 0 Å². The number of hydrogen-bond donors (Lipinski definition) is 0. The molecule has 0 atom stereocenters. The highest BCUT2D eigenvalue weighted by molar-refractivity contribution is 6.18. The molecule has 0 fully saturated rings. The predicted octanol–water partition coefficient (Wildman–Crippen LogP) is 28.0. The van der Waals surface area contributed by atoms with Crippen LogP contribution in [0, 0.1) is 0 Å². The fourth-order valence-electron chi connectivity index (χ4n) is 17.3. The molecule has 0 bridgehead atoms. The Morgan fingerprint density at radius 3 is 0.991 bits per heavy atom. The van der Waals surface area contributed by atoms with Crippen LogP contribution >= 0.6 is 0 Å². The van der Waals surface area contributed by atoms with Gasteiger partial charge in [-0.1, -0.05) is 309 Å². The maximum absolute atomic E-state index is 5.43. The van der Waals surface area contributed by atoms with E-state index in [1.807, 2.05) is 0 Å². The standard InChI is InChI=1S/C58H36N4.C48H30N2/c1-2-15-37(16-3-1)56-48-23-4-9-24-51(48)60-58-49(56)31-29-38-30-32-50(59-57(38)58)40-18-14-17-39(33-40)41-34-42(61-52-25-10-5-19-44(52)45-20-6-11-26-53(45)61)36-43(35-41)62-54-27-12-7-21-46(54)47-22-8-13-28-55(47)62;1-2-9-34(10-3-1)46-42-12-6-7-13-45(42)50-48-43(46)26-24-35-25-27-44(49-47(35)48)33-17-14-32(15-18-33)37-20-21-40-30-41(23-22-39(40)29-37)38-19-16-31-8-4-5-11-36(31)28-38/h1-36H;1-30H. The van der Waals surface area contributed by atoms with Gasteiger partial charge in [-0.25, -0.2) is 19.9 Å². The average Bonchev–Trinajstić information content (AvgIpc) is 1.62. The van der Waals surface area contributed by atoms with E-state index in [1.54, 1.807) is 0 Å². The molecule has 0 saturated heterocycles. The Balaban J connectivity index is 0.000000141. The zero-order chi connectivity index (χ0) is 73.7. The molecular weight excluding hydrogens is 1360 g/mol. The summed E-state index contributed by atoms with van der Waals surface area (Å²) in [4.78, 5) is 21.1. The Morgan fingerprint density at radius 2 is 0.500 bits per heavy atom. The molecule has 0 spiro atoms. The molecule has 23 rings (SSSR count). The molecule has 6 aromatic heterocycles. The first-order valence-corrected chi connectivity index (χ1v) is 38.2. The topological polar surface area (TPSA) is 61.4 Å². The normalized spacial score (nSPS) is 11.8. The highest BCUT2D eigenvalue weighted by Crippen LogP contribution is 2.44. The van der Waals surface area contributed by atoms with Crippen LogP contribution in [0.5, 0.6) is 0 Å². The number of pyridine rings is 4. The molecule has 6 nitrogen and oxygen atoms in total. The molecule has 0 aliphatic heterocycles. The number of benzene rings is 17. The summed E-state index contributed by atoms with van der Waals surface area (Å²) in [5.74, 6) is 0. The zero-order valence-corrected chi connectivity index (χ0v) is 60.8. The number of hydrogen-bond acceptors (Lipinski definition) is 4. The number of rotatable bonds is 9. The lowest BCUT2D eigenvalue weighted by Crippen LogP contribution is -2.00. The van der Waals surface area contributed by atoms with Gasteiger partial charge in [0.15, 0.2) is 0 Å². The largest absolute Gasteiger partial charge is 0.309 e. The summed E-state index contributed by atoms with van der Waals surface area (Å²) in [6.45, 7) is 0. The van der Waals surface area contributed by atoms with Crippen LogP contribution in [-0.4, -0.2) is 29.1 Å². The van der Waals surface area contributed by atoms with Crippen molar-refractivity contribution in [2.45, 2.75) is 0 Å². The third kappa shape index (κ3) is 10.9. The van der Waals surface area contributed by atoms with Crippen molar-refractivity contribution in [3.63, 3.8) is 0 Å². The first kappa shape index (κ1) is 64.2. The van der Waals surface area contributed by atoms with Crippen LogP contribution in [0.25, 0.3) is 220 Å². The lowest BCUT2D eigenvalue weighted by atomic mass is 9.95. The van der Waals surface area contributed by atoms with Crippen molar-refractivity contribution in [2.75, 3.05) is 0 Å². The van der Waals surface area contributed by atoms with Gasteiger partial charge in [0.25, 0.3) is 0 Å². The number of para-hydroxylation sites is 6. The Labute approximate surface area is 645 Å². The smallest absolute Gasteiger partial charge is 0.0978 e. The number of fused-ring (bicyclic) bond motifs is 16. The van der Waals surface area contributed by atoms with Gasteiger partial charge in [0.05, 0.1) is 66.6 Å². The summed E-state index contributed by atoms with van der Waals surface area (Å²) >= 11 is 0. The van der Waals surface area contributed by atoms with E-state index < -0.39 is 0 Å². The Bertz CT molecular complexity index is 7510. The third-order valence-corrected chi connectivity index (χ3v) is 22.7. The van der Waals surface area contributed by atoms with Crippen LogP contribution in [0.15, 0.2) is 400 Å². The lowest BCUT2D eigenvalue weighted by Gasteiger charge is -2.16. The van der Waals surface area contributed by atoms with Gasteiger partial charge < -0.3 is 9.13 Å². The van der Waals surface area contributed by atoms with E-state index in [0.29, 0.717) is 0 Å². The minimum atomic E-state index is 0.898. The van der Waals surface area contributed by atoms with E-state index in [2.05, 4.69) is 410 Å². The van der Waals surface area contributed by atoms with Gasteiger partial charge in [0, 0.05) is 87.5 Å². The molecule has 6 heterocycles. The Hall–Kier alpha value is -15.0. The first-order chi connectivity index (χ1) is 55.5. The minimum absolute atomic E-state index is 0.898. The van der Waals surface area contributed by atoms with Crippen LogP contribution in [0.2, 0.25) is 0 Å². The van der Waals surface area contributed by atoms with Gasteiger partial charge in [-0.05, 0) is 157 Å². The minimum Gasteiger partial charge on any atom is -0.309 e. The summed E-state index contributed by atoms with van der Waals surface area (Å²) < 4.78 is 4.84. The zero-order valence-electron chi connectivity index (χ0n) is 60.8. The first-order valence-electron chi connectivity index (χ1n) is 38.2. The molecule has 6 heteroatoms. The van der Waals surface area contributed by atoms with Crippen LogP contribution in [0.3, 0.4) is 0 Å². The van der Waals surface area contributed by atoms with E-state index in [0.717, 1.165) is 110 Å². The number of nitrogens with zero attached hydrogens (tertiary/aromatic N) is 6. The maximum Gasteiger partial charge on any atom is 0.0978 e. The van der Waals surface area contributed by atoms with Gasteiger partial charge in [-0.3, -0.25) is 0 Å². The van der Waals surface area contributed by atoms with E-state index in [-0.39, 0.29) is 0 Å². The lowest BCUT2D eigenvalue weighted by molar-refractivity contribution is 1.13. The SMILES string of the molecule is c1ccc(-c2c3ccccc3nc3c2ccc2ccc(-c4ccc(-c5ccc6cc(-c7ccc8ccccc8c7)ccc6c5)cc4)nc23)cc1.c1ccc(-c2c3ccccc3nc3c2ccc2ccc(-c4cccc(-c5cc(-n6c7ccccc7c7ccccc76)cc(-n6c7ccccc7c7ccccc76)c5)c4)nc23)cc1. The van der Waals surface area contributed by atoms with Crippen LogP contribution < -0.4 is 0 Å². The van der Waals surface area contributed by atoms with E-state index >= 15 is 0 Å². The molecular formula is C106H66N6. The van der Waals surface area contributed by atoms with Crippen LogP contribution in [-0.2, 0) is 0 Å². The summed E-state index contributed by atoms with van der Waals surface area (Å²) in [7, 11) is 0. The highest BCUT2D eigenvalue weighted by Gasteiger charge is 2.21. The molecule has 0 N–H and O–H groups in total. The molecule has 112 heavy (non-hydrogen) atoms. The molecule has 0 amide bonds.